The number of anilines is 1. The highest BCUT2D eigenvalue weighted by Crippen LogP contribution is 2.33. The van der Waals surface area contributed by atoms with Crippen LogP contribution in [0.25, 0.3) is 0 Å². The highest BCUT2D eigenvalue weighted by atomic mass is 35.5. The number of halogens is 1. The Morgan fingerprint density at radius 3 is 2.80 bits per heavy atom. The zero-order valence-corrected chi connectivity index (χ0v) is 15.9. The molecule has 1 amide bonds. The Hall–Kier alpha value is -1.84. The van der Waals surface area contributed by atoms with Gasteiger partial charge in [0, 0.05) is 6.04 Å². The van der Waals surface area contributed by atoms with Crippen LogP contribution in [0.2, 0.25) is 5.02 Å². The third kappa shape index (κ3) is 4.05. The number of fused-ring (bicyclic) bond motifs is 1. The van der Waals surface area contributed by atoms with Crippen LogP contribution in [0.3, 0.4) is 0 Å². The standard InChI is InChI=1S/C21H25ClN2O/c1-14-11-15(2)21(18(22)12-14)23-20(25)13-24(3)19-10-6-8-16-7-4-5-9-17(16)19/h4-5,7,9,11-12,19H,6,8,10,13H2,1-3H3,(H,23,25)/t19-/m1/s1. The normalized spacial score (nSPS) is 16.6. The Bertz CT molecular complexity index is 764. The number of aryl methyl sites for hydroxylation is 3. The summed E-state index contributed by atoms with van der Waals surface area (Å²) < 4.78 is 0. The maximum Gasteiger partial charge on any atom is 0.238 e. The third-order valence-electron chi connectivity index (χ3n) is 4.96. The minimum absolute atomic E-state index is 0.0283. The van der Waals surface area contributed by atoms with E-state index in [0.717, 1.165) is 36.1 Å². The summed E-state index contributed by atoms with van der Waals surface area (Å²) in [5.41, 5.74) is 5.56. The maximum absolute atomic E-state index is 12.6. The van der Waals surface area contributed by atoms with E-state index in [-0.39, 0.29) is 5.91 Å². The Balaban J connectivity index is 1.70. The van der Waals surface area contributed by atoms with Crippen molar-refractivity contribution < 1.29 is 4.79 Å². The quantitative estimate of drug-likeness (QED) is 0.844. The molecule has 0 aromatic heterocycles. The molecule has 1 atom stereocenters. The number of hydrogen-bond donors (Lipinski definition) is 1. The van der Waals surface area contributed by atoms with Gasteiger partial charge in [-0.05, 0) is 68.5 Å². The van der Waals surface area contributed by atoms with Gasteiger partial charge < -0.3 is 5.32 Å². The summed E-state index contributed by atoms with van der Waals surface area (Å²) >= 11 is 6.30. The minimum Gasteiger partial charge on any atom is -0.323 e. The van der Waals surface area contributed by atoms with Gasteiger partial charge in [0.15, 0.2) is 0 Å². The van der Waals surface area contributed by atoms with Gasteiger partial charge >= 0.3 is 0 Å². The lowest BCUT2D eigenvalue weighted by molar-refractivity contribution is -0.117. The van der Waals surface area contributed by atoms with Crippen LogP contribution in [0.5, 0.6) is 0 Å². The number of benzene rings is 2. The second kappa shape index (κ2) is 7.59. The summed E-state index contributed by atoms with van der Waals surface area (Å²) in [5, 5.41) is 3.58. The van der Waals surface area contributed by atoms with Gasteiger partial charge in [-0.3, -0.25) is 9.69 Å². The summed E-state index contributed by atoms with van der Waals surface area (Å²) in [6.07, 6.45) is 3.38. The fourth-order valence-corrected chi connectivity index (χ4v) is 4.14. The van der Waals surface area contributed by atoms with Crippen molar-refractivity contribution in [1.82, 2.24) is 4.90 Å². The van der Waals surface area contributed by atoms with Gasteiger partial charge in [0.25, 0.3) is 0 Å². The molecule has 3 rings (SSSR count). The van der Waals surface area contributed by atoms with Crippen molar-refractivity contribution >= 4 is 23.2 Å². The van der Waals surface area contributed by atoms with Gasteiger partial charge in [-0.15, -0.1) is 0 Å². The molecule has 0 spiro atoms. The maximum atomic E-state index is 12.6. The molecule has 0 fully saturated rings. The lowest BCUT2D eigenvalue weighted by atomic mass is 9.87. The van der Waals surface area contributed by atoms with Crippen molar-refractivity contribution in [3.63, 3.8) is 0 Å². The Morgan fingerprint density at radius 2 is 2.04 bits per heavy atom. The number of hydrogen-bond acceptors (Lipinski definition) is 2. The predicted molar refractivity (Wildman–Crippen MR) is 104 cm³/mol. The Kier molecular flexibility index (Phi) is 5.45. The van der Waals surface area contributed by atoms with Crippen LogP contribution in [0.15, 0.2) is 36.4 Å². The van der Waals surface area contributed by atoms with Crippen molar-refractivity contribution in [2.24, 2.45) is 0 Å². The lowest BCUT2D eigenvalue weighted by Gasteiger charge is -2.33. The van der Waals surface area contributed by atoms with Crippen molar-refractivity contribution in [3.8, 4) is 0 Å². The van der Waals surface area contributed by atoms with E-state index in [0.29, 0.717) is 17.6 Å². The Labute approximate surface area is 155 Å². The highest BCUT2D eigenvalue weighted by Gasteiger charge is 2.24. The molecule has 1 aliphatic rings. The molecule has 0 saturated carbocycles. The lowest BCUT2D eigenvalue weighted by Crippen LogP contribution is -2.35. The first-order chi connectivity index (χ1) is 12.0. The summed E-state index contributed by atoms with van der Waals surface area (Å²) in [4.78, 5) is 14.7. The number of likely N-dealkylation sites (N-methyl/N-ethyl adjacent to an activating group) is 1. The van der Waals surface area contributed by atoms with Crippen LogP contribution < -0.4 is 5.32 Å². The number of carbonyl (C=O) groups excluding carboxylic acids is 1. The van der Waals surface area contributed by atoms with Crippen molar-refractivity contribution in [2.45, 2.75) is 39.2 Å². The number of nitrogens with zero attached hydrogens (tertiary/aromatic N) is 1. The molecule has 1 N–H and O–H groups in total. The van der Waals surface area contributed by atoms with Gasteiger partial charge in [0.2, 0.25) is 5.91 Å². The molecule has 2 aromatic carbocycles. The van der Waals surface area contributed by atoms with Gasteiger partial charge in [-0.2, -0.15) is 0 Å². The summed E-state index contributed by atoms with van der Waals surface area (Å²) in [6, 6.07) is 12.8. The molecule has 25 heavy (non-hydrogen) atoms. The van der Waals surface area contributed by atoms with E-state index < -0.39 is 0 Å². The van der Waals surface area contributed by atoms with Gasteiger partial charge in [-0.1, -0.05) is 41.9 Å². The molecule has 0 unspecified atom stereocenters. The van der Waals surface area contributed by atoms with Gasteiger partial charge in [0.1, 0.15) is 0 Å². The van der Waals surface area contributed by atoms with Crippen LogP contribution in [0.1, 0.15) is 41.1 Å². The molecule has 1 aliphatic carbocycles. The van der Waals surface area contributed by atoms with E-state index in [1.54, 1.807) is 0 Å². The van der Waals surface area contributed by atoms with Crippen molar-refractivity contribution in [1.29, 1.82) is 0 Å². The second-order valence-corrected chi connectivity index (χ2v) is 7.42. The topological polar surface area (TPSA) is 32.3 Å². The SMILES string of the molecule is Cc1cc(C)c(NC(=O)CN(C)[C@@H]2CCCc3ccccc32)c(Cl)c1. The summed E-state index contributed by atoms with van der Waals surface area (Å²) in [6.45, 7) is 4.32. The first-order valence-corrected chi connectivity index (χ1v) is 9.18. The molecule has 0 heterocycles. The van der Waals surface area contributed by atoms with Gasteiger partial charge in [0.05, 0.1) is 17.3 Å². The molecule has 132 valence electrons. The number of nitrogens with one attached hydrogen (secondary N) is 1. The molecule has 2 aromatic rings. The number of rotatable bonds is 4. The zero-order chi connectivity index (χ0) is 18.0. The predicted octanol–water partition coefficient (Wildman–Crippen LogP) is 4.90. The first-order valence-electron chi connectivity index (χ1n) is 8.80. The minimum atomic E-state index is -0.0283. The average Bonchev–Trinajstić information content (AvgIpc) is 2.57. The number of carbonyl (C=O) groups is 1. The van der Waals surface area contributed by atoms with E-state index in [1.165, 1.54) is 11.1 Å². The van der Waals surface area contributed by atoms with Crippen LogP contribution in [0, 0.1) is 13.8 Å². The van der Waals surface area contributed by atoms with Crippen molar-refractivity contribution in [3.05, 3.63) is 63.7 Å². The molecule has 4 heteroatoms. The van der Waals surface area contributed by atoms with Crippen LogP contribution >= 0.6 is 11.6 Å². The summed E-state index contributed by atoms with van der Waals surface area (Å²) in [5.74, 6) is -0.0283. The second-order valence-electron chi connectivity index (χ2n) is 7.01. The molecule has 3 nitrogen and oxygen atoms in total. The van der Waals surface area contributed by atoms with E-state index in [9.17, 15) is 4.79 Å². The number of amides is 1. The monoisotopic (exact) mass is 356 g/mol. The van der Waals surface area contributed by atoms with Crippen molar-refractivity contribution in [2.75, 3.05) is 18.9 Å². The zero-order valence-electron chi connectivity index (χ0n) is 15.1. The van der Waals surface area contributed by atoms with E-state index in [2.05, 4.69) is 34.5 Å². The summed E-state index contributed by atoms with van der Waals surface area (Å²) in [7, 11) is 2.02. The van der Waals surface area contributed by atoms with Crippen LogP contribution in [0.4, 0.5) is 5.69 Å². The largest absolute Gasteiger partial charge is 0.323 e. The van der Waals surface area contributed by atoms with E-state index in [4.69, 9.17) is 11.6 Å². The fourth-order valence-electron chi connectivity index (χ4n) is 3.78. The van der Waals surface area contributed by atoms with E-state index in [1.807, 2.05) is 33.0 Å². The molecule has 0 radical (unpaired) electrons. The molecule has 0 bridgehead atoms. The molecular weight excluding hydrogens is 332 g/mol. The highest BCUT2D eigenvalue weighted by molar-refractivity contribution is 6.34. The third-order valence-corrected chi connectivity index (χ3v) is 5.26. The van der Waals surface area contributed by atoms with Crippen LogP contribution in [-0.4, -0.2) is 24.4 Å². The molecule has 0 saturated heterocycles. The fraction of sp³-hybridized carbons (Fsp3) is 0.381. The van der Waals surface area contributed by atoms with E-state index >= 15 is 0 Å². The smallest absolute Gasteiger partial charge is 0.238 e. The van der Waals surface area contributed by atoms with Crippen LogP contribution in [-0.2, 0) is 11.2 Å². The molecule has 0 aliphatic heterocycles. The molecular formula is C21H25ClN2O. The first kappa shape index (κ1) is 18.0. The Morgan fingerprint density at radius 1 is 1.28 bits per heavy atom. The average molecular weight is 357 g/mol. The van der Waals surface area contributed by atoms with Gasteiger partial charge in [-0.25, -0.2) is 0 Å².